The Morgan fingerprint density at radius 2 is 1.74 bits per heavy atom. The van der Waals surface area contributed by atoms with Crippen LogP contribution in [0.3, 0.4) is 0 Å². The second-order valence-electron chi connectivity index (χ2n) is 8.25. The zero-order valence-corrected chi connectivity index (χ0v) is 18.9. The molecule has 0 saturated heterocycles. The minimum absolute atomic E-state index is 0.0305. The number of aliphatic hydroxyl groups excluding tert-OH is 2. The van der Waals surface area contributed by atoms with Gasteiger partial charge in [-0.3, -0.25) is 4.79 Å². The molecule has 0 spiro atoms. The van der Waals surface area contributed by atoms with E-state index in [1.165, 1.54) is 6.07 Å². The van der Waals surface area contributed by atoms with Gasteiger partial charge in [-0.1, -0.05) is 12.5 Å². The molecular formula is C24H26O11. The fourth-order valence-corrected chi connectivity index (χ4v) is 4.14. The third-order valence-corrected chi connectivity index (χ3v) is 6.04. The van der Waals surface area contributed by atoms with Crippen LogP contribution >= 0.6 is 0 Å². The van der Waals surface area contributed by atoms with Gasteiger partial charge in [0.1, 0.15) is 18.6 Å². The second-order valence-corrected chi connectivity index (χ2v) is 8.25. The van der Waals surface area contributed by atoms with E-state index in [-0.39, 0.29) is 37.1 Å². The Balaban J connectivity index is 1.78. The highest BCUT2D eigenvalue weighted by Gasteiger charge is 2.47. The molecule has 35 heavy (non-hydrogen) atoms. The van der Waals surface area contributed by atoms with Gasteiger partial charge in [0.25, 0.3) is 0 Å². The van der Waals surface area contributed by atoms with Crippen LogP contribution in [-0.2, 0) is 20.9 Å². The maximum absolute atomic E-state index is 12.6. The highest BCUT2D eigenvalue weighted by Crippen LogP contribution is 2.48. The van der Waals surface area contributed by atoms with E-state index in [0.29, 0.717) is 35.1 Å². The largest absolute Gasteiger partial charge is 0.488 e. The van der Waals surface area contributed by atoms with E-state index < -0.39 is 30.3 Å². The molecule has 0 unspecified atom stereocenters. The van der Waals surface area contributed by atoms with Crippen LogP contribution in [-0.4, -0.2) is 58.5 Å². The molecule has 11 heteroatoms. The van der Waals surface area contributed by atoms with Crippen molar-refractivity contribution in [2.24, 2.45) is 5.41 Å². The lowest BCUT2D eigenvalue weighted by Crippen LogP contribution is -2.44. The average molecular weight is 490 g/mol. The number of cyclic esters (lactones) is 1. The monoisotopic (exact) mass is 490 g/mol. The van der Waals surface area contributed by atoms with E-state index in [2.05, 4.69) is 0 Å². The number of hydrogen-bond acceptors (Lipinski definition) is 11. The Labute approximate surface area is 200 Å². The van der Waals surface area contributed by atoms with E-state index in [9.17, 15) is 30.0 Å². The number of aliphatic hydroxyl groups is 4. The van der Waals surface area contributed by atoms with Crippen LogP contribution in [0.1, 0.15) is 42.1 Å². The molecule has 0 radical (unpaired) electrons. The molecule has 0 atom stereocenters. The van der Waals surface area contributed by atoms with Gasteiger partial charge < -0.3 is 44.1 Å². The second kappa shape index (κ2) is 10.1. The molecule has 1 saturated carbocycles. The van der Waals surface area contributed by atoms with E-state index in [1.807, 2.05) is 0 Å². The van der Waals surface area contributed by atoms with Crippen LogP contribution in [0, 0.1) is 5.41 Å². The third kappa shape index (κ3) is 5.03. The van der Waals surface area contributed by atoms with Crippen molar-refractivity contribution in [3.8, 4) is 28.4 Å². The predicted molar refractivity (Wildman–Crippen MR) is 117 cm³/mol. The van der Waals surface area contributed by atoms with E-state index in [4.69, 9.17) is 23.7 Å². The molecule has 188 valence electrons. The number of rotatable bonds is 10. The Bertz CT molecular complexity index is 1100. The molecule has 4 rings (SSSR count). The maximum Gasteiger partial charge on any atom is 0.338 e. The van der Waals surface area contributed by atoms with E-state index in [1.54, 1.807) is 31.2 Å². The number of carbonyl (C=O) groups is 2. The van der Waals surface area contributed by atoms with Crippen LogP contribution in [0.2, 0.25) is 0 Å². The van der Waals surface area contributed by atoms with Crippen LogP contribution in [0.15, 0.2) is 30.3 Å². The molecule has 0 bridgehead atoms. The average Bonchev–Trinajstić information content (AvgIpc) is 3.14. The van der Waals surface area contributed by atoms with Crippen molar-refractivity contribution in [1.82, 2.24) is 0 Å². The standard InChI is InChI=1S/C24H26O11/c1-2-31-21(26)24(8-3-9-24)12-33-18-15(13-4-5-16-14(10-13)11-32-20(16)25)6-7-17(34-22(27)28)19(18)35-23(29)30/h4-7,10,22-23,27-30H,2-3,8-9,11-12H2,1H3. The minimum Gasteiger partial charge on any atom is -0.488 e. The molecule has 1 aliphatic heterocycles. The first-order chi connectivity index (χ1) is 16.7. The molecule has 1 fully saturated rings. The lowest BCUT2D eigenvalue weighted by molar-refractivity contribution is -0.193. The fourth-order valence-electron chi connectivity index (χ4n) is 4.14. The molecule has 0 amide bonds. The zero-order chi connectivity index (χ0) is 25.2. The molecule has 0 aromatic heterocycles. The van der Waals surface area contributed by atoms with Gasteiger partial charge >= 0.3 is 24.9 Å². The highest BCUT2D eigenvalue weighted by molar-refractivity contribution is 5.94. The first-order valence-corrected chi connectivity index (χ1v) is 11.1. The Kier molecular flexibility index (Phi) is 7.13. The third-order valence-electron chi connectivity index (χ3n) is 6.04. The summed E-state index contributed by atoms with van der Waals surface area (Å²) in [6, 6.07) is 7.84. The lowest BCUT2D eigenvalue weighted by Gasteiger charge is -2.38. The summed E-state index contributed by atoms with van der Waals surface area (Å²) in [5.41, 5.74) is 1.17. The lowest BCUT2D eigenvalue weighted by atomic mass is 9.69. The van der Waals surface area contributed by atoms with Gasteiger partial charge in [-0.2, -0.15) is 0 Å². The van der Waals surface area contributed by atoms with Gasteiger partial charge in [-0.25, -0.2) is 4.79 Å². The van der Waals surface area contributed by atoms with Gasteiger partial charge in [0.15, 0.2) is 11.5 Å². The summed E-state index contributed by atoms with van der Waals surface area (Å²) in [4.78, 5) is 24.4. The summed E-state index contributed by atoms with van der Waals surface area (Å²) in [6.07, 6.45) is 1.90. The van der Waals surface area contributed by atoms with E-state index >= 15 is 0 Å². The highest BCUT2D eigenvalue weighted by atomic mass is 16.8. The van der Waals surface area contributed by atoms with Crippen LogP contribution in [0.5, 0.6) is 17.2 Å². The number of benzene rings is 2. The fraction of sp³-hybridized carbons (Fsp3) is 0.417. The van der Waals surface area contributed by atoms with Crippen molar-refractivity contribution in [2.45, 2.75) is 45.7 Å². The quantitative estimate of drug-likeness (QED) is 0.282. The van der Waals surface area contributed by atoms with Crippen molar-refractivity contribution in [2.75, 3.05) is 13.2 Å². The molecule has 1 heterocycles. The number of esters is 2. The first kappa shape index (κ1) is 24.7. The van der Waals surface area contributed by atoms with Gasteiger partial charge in [-0.05, 0) is 49.6 Å². The first-order valence-electron chi connectivity index (χ1n) is 11.1. The molecule has 1 aliphatic carbocycles. The number of carbonyl (C=O) groups excluding carboxylic acids is 2. The maximum atomic E-state index is 12.6. The predicted octanol–water partition coefficient (Wildman–Crippen LogP) is 1.43. The van der Waals surface area contributed by atoms with Crippen molar-refractivity contribution in [1.29, 1.82) is 0 Å². The van der Waals surface area contributed by atoms with Gasteiger partial charge in [0.2, 0.25) is 5.75 Å². The number of ether oxygens (including phenoxy) is 5. The molecular weight excluding hydrogens is 464 g/mol. The summed E-state index contributed by atoms with van der Waals surface area (Å²) < 4.78 is 26.4. The molecule has 2 aromatic carbocycles. The van der Waals surface area contributed by atoms with Gasteiger partial charge in [-0.15, -0.1) is 0 Å². The van der Waals surface area contributed by atoms with Gasteiger partial charge in [0.05, 0.1) is 12.2 Å². The zero-order valence-electron chi connectivity index (χ0n) is 18.9. The Hall–Kier alpha value is -3.38. The topological polar surface area (TPSA) is 161 Å². The van der Waals surface area contributed by atoms with Crippen LogP contribution in [0.25, 0.3) is 11.1 Å². The van der Waals surface area contributed by atoms with Crippen molar-refractivity contribution in [3.63, 3.8) is 0 Å². The van der Waals surface area contributed by atoms with Gasteiger partial charge in [0, 0.05) is 11.1 Å². The molecule has 2 aromatic rings. The van der Waals surface area contributed by atoms with Crippen LogP contribution in [0.4, 0.5) is 0 Å². The smallest absolute Gasteiger partial charge is 0.338 e. The summed E-state index contributed by atoms with van der Waals surface area (Å²) in [5.74, 6) is -1.43. The Morgan fingerprint density at radius 3 is 2.37 bits per heavy atom. The SMILES string of the molecule is CCOC(=O)C1(COc2c(-c3ccc4c(c3)COC4=O)ccc(OC(O)O)c2OC(O)O)CCC1. The van der Waals surface area contributed by atoms with Crippen molar-refractivity contribution >= 4 is 11.9 Å². The normalized spacial score (nSPS) is 15.9. The van der Waals surface area contributed by atoms with Crippen molar-refractivity contribution < 1.29 is 53.7 Å². The van der Waals surface area contributed by atoms with E-state index in [0.717, 1.165) is 6.42 Å². The van der Waals surface area contributed by atoms with Crippen LogP contribution < -0.4 is 14.2 Å². The summed E-state index contributed by atoms with van der Waals surface area (Å²) in [5, 5.41) is 37.7. The number of fused-ring (bicyclic) bond motifs is 1. The molecule has 2 aliphatic rings. The minimum atomic E-state index is -2.29. The number of hydrogen-bond donors (Lipinski definition) is 4. The van der Waals surface area contributed by atoms with Crippen molar-refractivity contribution in [3.05, 3.63) is 41.5 Å². The Morgan fingerprint density at radius 1 is 1.03 bits per heavy atom. The molecule has 4 N–H and O–H groups in total. The summed E-state index contributed by atoms with van der Waals surface area (Å²) >= 11 is 0. The molecule has 11 nitrogen and oxygen atoms in total. The summed E-state index contributed by atoms with van der Waals surface area (Å²) in [6.45, 7) is -2.60. The summed E-state index contributed by atoms with van der Waals surface area (Å²) in [7, 11) is 0.